The number of ether oxygens (including phenoxy) is 1. The lowest BCUT2D eigenvalue weighted by Crippen LogP contribution is -2.13. The first-order chi connectivity index (χ1) is 6.20. The van der Waals surface area contributed by atoms with Crippen molar-refractivity contribution in [2.24, 2.45) is 0 Å². The highest BCUT2D eigenvalue weighted by atomic mass is 35.5. The molecule has 0 unspecified atom stereocenters. The zero-order valence-electron chi connectivity index (χ0n) is 7.37. The molecule has 0 bridgehead atoms. The molecule has 1 aromatic rings. The third-order valence-electron chi connectivity index (χ3n) is 1.55. The summed E-state index contributed by atoms with van der Waals surface area (Å²) in [5, 5.41) is -0.580. The molecule has 0 saturated carbocycles. The van der Waals surface area contributed by atoms with Gasteiger partial charge in [-0.2, -0.15) is 0 Å². The smallest absolute Gasteiger partial charge is 0.324 e. The van der Waals surface area contributed by atoms with Crippen molar-refractivity contribution in [1.29, 1.82) is 0 Å². The van der Waals surface area contributed by atoms with Crippen molar-refractivity contribution in [2.45, 2.75) is 18.9 Å². The summed E-state index contributed by atoms with van der Waals surface area (Å²) in [4.78, 5) is 11.0. The van der Waals surface area contributed by atoms with Gasteiger partial charge in [0.25, 0.3) is 0 Å². The van der Waals surface area contributed by atoms with Gasteiger partial charge < -0.3 is 4.74 Å². The minimum Gasteiger partial charge on any atom is -0.460 e. The van der Waals surface area contributed by atoms with Gasteiger partial charge in [0.15, 0.2) is 0 Å². The van der Waals surface area contributed by atoms with Gasteiger partial charge in [-0.1, -0.05) is 30.3 Å². The maximum atomic E-state index is 11.0. The summed E-state index contributed by atoms with van der Waals surface area (Å²) in [5.74, 6) is -0.384. The van der Waals surface area contributed by atoms with E-state index in [9.17, 15) is 4.79 Å². The Hall–Kier alpha value is -1.02. The number of benzene rings is 1. The zero-order valence-corrected chi connectivity index (χ0v) is 8.12. The molecule has 1 rings (SSSR count). The monoisotopic (exact) mass is 198 g/mol. The minimum atomic E-state index is -0.580. The van der Waals surface area contributed by atoms with Gasteiger partial charge in [0.05, 0.1) is 0 Å². The van der Waals surface area contributed by atoms with Crippen LogP contribution >= 0.6 is 11.6 Å². The summed E-state index contributed by atoms with van der Waals surface area (Å²) in [7, 11) is 0. The molecule has 2 nitrogen and oxygen atoms in total. The summed E-state index contributed by atoms with van der Waals surface area (Å²) < 4.78 is 4.92. The van der Waals surface area contributed by atoms with Crippen molar-refractivity contribution < 1.29 is 9.53 Å². The van der Waals surface area contributed by atoms with Gasteiger partial charge >= 0.3 is 5.97 Å². The Balaban J connectivity index is 2.40. The fraction of sp³-hybridized carbons (Fsp3) is 0.300. The lowest BCUT2D eigenvalue weighted by atomic mass is 10.2. The number of alkyl halides is 1. The van der Waals surface area contributed by atoms with Crippen LogP contribution in [0.1, 0.15) is 12.5 Å². The molecule has 1 atom stereocenters. The molecule has 0 aromatic heterocycles. The van der Waals surface area contributed by atoms with Gasteiger partial charge in [-0.05, 0) is 12.5 Å². The van der Waals surface area contributed by atoms with Crippen LogP contribution in [0.5, 0.6) is 0 Å². The molecular formula is C10H11ClO2. The molecule has 70 valence electrons. The van der Waals surface area contributed by atoms with Gasteiger partial charge in [0.2, 0.25) is 0 Å². The molecule has 0 saturated heterocycles. The summed E-state index contributed by atoms with van der Waals surface area (Å²) in [6, 6.07) is 9.49. The molecular weight excluding hydrogens is 188 g/mol. The maximum absolute atomic E-state index is 11.0. The van der Waals surface area contributed by atoms with E-state index >= 15 is 0 Å². The Labute approximate surface area is 82.5 Å². The number of halogens is 1. The van der Waals surface area contributed by atoms with Crippen LogP contribution in [0.3, 0.4) is 0 Å². The molecule has 0 aliphatic carbocycles. The average Bonchev–Trinajstić information content (AvgIpc) is 2.15. The topological polar surface area (TPSA) is 26.3 Å². The standard InChI is InChI=1S/C10H11ClO2/c1-8(11)10(12)13-7-9-5-3-2-4-6-9/h2-6,8H,7H2,1H3/t8-/m1/s1. The lowest BCUT2D eigenvalue weighted by molar-refractivity contribution is -0.144. The van der Waals surface area contributed by atoms with Crippen molar-refractivity contribution in [3.63, 3.8) is 0 Å². The van der Waals surface area contributed by atoms with E-state index in [1.54, 1.807) is 6.92 Å². The Bertz CT molecular complexity index is 270. The van der Waals surface area contributed by atoms with Gasteiger partial charge in [-0.25, -0.2) is 0 Å². The van der Waals surface area contributed by atoms with E-state index < -0.39 is 5.38 Å². The summed E-state index contributed by atoms with van der Waals surface area (Å²) in [5.41, 5.74) is 0.966. The van der Waals surface area contributed by atoms with Gasteiger partial charge in [-0.15, -0.1) is 11.6 Å². The highest BCUT2D eigenvalue weighted by molar-refractivity contribution is 6.29. The molecule has 0 N–H and O–H groups in total. The van der Waals surface area contributed by atoms with Crippen LogP contribution in [0.4, 0.5) is 0 Å². The first-order valence-electron chi connectivity index (χ1n) is 4.05. The van der Waals surface area contributed by atoms with Gasteiger partial charge in [-0.3, -0.25) is 4.79 Å². The SMILES string of the molecule is C[C@@H](Cl)C(=O)OCc1ccccc1. The molecule has 0 amide bonds. The van der Waals surface area contributed by atoms with E-state index in [1.165, 1.54) is 0 Å². The van der Waals surface area contributed by atoms with Gasteiger partial charge in [0.1, 0.15) is 12.0 Å². The number of esters is 1. The van der Waals surface area contributed by atoms with Crippen LogP contribution in [0, 0.1) is 0 Å². The average molecular weight is 199 g/mol. The third-order valence-corrected chi connectivity index (χ3v) is 1.73. The lowest BCUT2D eigenvalue weighted by Gasteiger charge is -2.05. The van der Waals surface area contributed by atoms with Crippen LogP contribution in [0.2, 0.25) is 0 Å². The van der Waals surface area contributed by atoms with Crippen molar-refractivity contribution in [3.05, 3.63) is 35.9 Å². The van der Waals surface area contributed by atoms with E-state index in [1.807, 2.05) is 30.3 Å². The predicted molar refractivity (Wildman–Crippen MR) is 51.6 cm³/mol. The number of rotatable bonds is 3. The second kappa shape index (κ2) is 4.87. The van der Waals surface area contributed by atoms with Crippen molar-refractivity contribution in [1.82, 2.24) is 0 Å². The molecule has 0 fully saturated rings. The van der Waals surface area contributed by atoms with Crippen molar-refractivity contribution in [2.75, 3.05) is 0 Å². The fourth-order valence-electron chi connectivity index (χ4n) is 0.844. The van der Waals surface area contributed by atoms with Crippen molar-refractivity contribution >= 4 is 17.6 Å². The van der Waals surface area contributed by atoms with E-state index in [4.69, 9.17) is 16.3 Å². The Morgan fingerprint density at radius 2 is 2.08 bits per heavy atom. The van der Waals surface area contributed by atoms with Crippen molar-refractivity contribution in [3.8, 4) is 0 Å². The second-order valence-corrected chi connectivity index (χ2v) is 3.36. The molecule has 0 aliphatic rings. The Morgan fingerprint density at radius 3 is 2.62 bits per heavy atom. The highest BCUT2D eigenvalue weighted by Gasteiger charge is 2.09. The molecule has 1 aromatic carbocycles. The first kappa shape index (κ1) is 10.1. The normalized spacial score (nSPS) is 12.2. The number of hydrogen-bond donors (Lipinski definition) is 0. The van der Waals surface area contributed by atoms with E-state index in [0.717, 1.165) is 5.56 Å². The minimum absolute atomic E-state index is 0.288. The highest BCUT2D eigenvalue weighted by Crippen LogP contribution is 2.03. The fourth-order valence-corrected chi connectivity index (χ4v) is 0.907. The van der Waals surface area contributed by atoms with Crippen LogP contribution in [-0.2, 0) is 16.1 Å². The number of carbonyl (C=O) groups excluding carboxylic acids is 1. The predicted octanol–water partition coefficient (Wildman–Crippen LogP) is 2.36. The van der Waals surface area contributed by atoms with E-state index in [-0.39, 0.29) is 12.6 Å². The van der Waals surface area contributed by atoms with Gasteiger partial charge in [0, 0.05) is 0 Å². The summed E-state index contributed by atoms with van der Waals surface area (Å²) in [6.45, 7) is 1.88. The number of carbonyl (C=O) groups is 1. The van der Waals surface area contributed by atoms with E-state index in [2.05, 4.69) is 0 Å². The molecule has 0 spiro atoms. The van der Waals surface area contributed by atoms with Crippen LogP contribution in [0.25, 0.3) is 0 Å². The summed E-state index contributed by atoms with van der Waals surface area (Å²) in [6.07, 6.45) is 0. The summed E-state index contributed by atoms with van der Waals surface area (Å²) >= 11 is 5.52. The number of hydrogen-bond acceptors (Lipinski definition) is 2. The second-order valence-electron chi connectivity index (χ2n) is 2.71. The largest absolute Gasteiger partial charge is 0.460 e. The molecule has 0 aliphatic heterocycles. The molecule has 0 heterocycles. The molecule has 3 heteroatoms. The first-order valence-corrected chi connectivity index (χ1v) is 4.48. The quantitative estimate of drug-likeness (QED) is 0.551. The van der Waals surface area contributed by atoms with Crippen LogP contribution in [0.15, 0.2) is 30.3 Å². The zero-order chi connectivity index (χ0) is 9.68. The molecule has 13 heavy (non-hydrogen) atoms. The van der Waals surface area contributed by atoms with Crippen LogP contribution in [-0.4, -0.2) is 11.3 Å². The van der Waals surface area contributed by atoms with Crippen LogP contribution < -0.4 is 0 Å². The Morgan fingerprint density at radius 1 is 1.46 bits per heavy atom. The maximum Gasteiger partial charge on any atom is 0.324 e. The van der Waals surface area contributed by atoms with E-state index in [0.29, 0.717) is 0 Å². The third kappa shape index (κ3) is 3.47. The molecule has 0 radical (unpaired) electrons. The Kier molecular flexibility index (Phi) is 3.77.